The number of carbonyl (C=O) groups is 2. The quantitative estimate of drug-likeness (QED) is 0.399. The van der Waals surface area contributed by atoms with Crippen molar-refractivity contribution in [1.29, 1.82) is 0 Å². The van der Waals surface area contributed by atoms with Crippen LogP contribution >= 0.6 is 11.5 Å². The number of hydrogen-bond acceptors (Lipinski definition) is 6. The number of rotatable bonds is 5. The molecule has 4 aromatic rings. The molecule has 2 aromatic heterocycles. The van der Waals surface area contributed by atoms with E-state index in [-0.39, 0.29) is 18.4 Å². The molecule has 2 amide bonds. The minimum atomic E-state index is -4.66. The molecule has 0 atom stereocenters. The largest absolute Gasteiger partial charge is 0.417 e. The maximum absolute atomic E-state index is 13.2. The fourth-order valence-electron chi connectivity index (χ4n) is 4.76. The lowest BCUT2D eigenvalue weighted by Gasteiger charge is -2.31. The fraction of sp³-hybridized carbons (Fsp3) is 0.346. The average molecular weight is 543 g/mol. The Kier molecular flexibility index (Phi) is 6.91. The molecule has 1 fully saturated rings. The van der Waals surface area contributed by atoms with Gasteiger partial charge in [-0.25, -0.2) is 4.98 Å². The van der Waals surface area contributed by atoms with Crippen molar-refractivity contribution in [3.8, 4) is 11.4 Å². The molecule has 1 aliphatic heterocycles. The van der Waals surface area contributed by atoms with Gasteiger partial charge in [-0.15, -0.1) is 0 Å². The monoisotopic (exact) mass is 542 g/mol. The Morgan fingerprint density at radius 1 is 1.13 bits per heavy atom. The lowest BCUT2D eigenvalue weighted by atomic mass is 9.97. The zero-order chi connectivity index (χ0) is 27.0. The molecule has 5 rings (SSSR count). The predicted molar refractivity (Wildman–Crippen MR) is 137 cm³/mol. The second-order valence-corrected chi connectivity index (χ2v) is 10.1. The van der Waals surface area contributed by atoms with Crippen molar-refractivity contribution in [2.75, 3.05) is 19.6 Å². The number of likely N-dealkylation sites (tertiary alicyclic amines) is 1. The van der Waals surface area contributed by atoms with Crippen LogP contribution in [0.2, 0.25) is 0 Å². The highest BCUT2D eigenvalue weighted by Crippen LogP contribution is 2.33. The van der Waals surface area contributed by atoms with Gasteiger partial charge in [-0.1, -0.05) is 24.3 Å². The summed E-state index contributed by atoms with van der Waals surface area (Å²) in [4.78, 5) is 31.4. The number of hydrogen-bond donors (Lipinski definition) is 1. The highest BCUT2D eigenvalue weighted by atomic mass is 32.1. The molecular weight excluding hydrogens is 517 g/mol. The number of halogens is 3. The van der Waals surface area contributed by atoms with Crippen molar-refractivity contribution < 1.29 is 22.8 Å². The number of carbonyl (C=O) groups excluding carboxylic acids is 2. The Bertz CT molecular complexity index is 1500. The van der Waals surface area contributed by atoms with Gasteiger partial charge >= 0.3 is 6.18 Å². The topological polar surface area (TPSA) is 93.0 Å². The summed E-state index contributed by atoms with van der Waals surface area (Å²) >= 11 is 1.35. The van der Waals surface area contributed by atoms with Crippen LogP contribution in [0, 0.1) is 6.92 Å². The van der Waals surface area contributed by atoms with Crippen molar-refractivity contribution in [3.63, 3.8) is 0 Å². The van der Waals surface area contributed by atoms with Gasteiger partial charge in [-0.05, 0) is 49.5 Å². The summed E-state index contributed by atoms with van der Waals surface area (Å²) in [7, 11) is 1.90. The molecule has 1 N–H and O–H groups in total. The lowest BCUT2D eigenvalue weighted by Crippen LogP contribution is -2.44. The zero-order valence-corrected chi connectivity index (χ0v) is 21.6. The summed E-state index contributed by atoms with van der Waals surface area (Å²) < 4.78 is 45.9. The van der Waals surface area contributed by atoms with Gasteiger partial charge < -0.3 is 10.2 Å². The predicted octanol–water partition coefficient (Wildman–Crippen LogP) is 4.56. The first-order valence-electron chi connectivity index (χ1n) is 12.1. The Hall–Kier alpha value is -3.80. The molecule has 12 heteroatoms. The van der Waals surface area contributed by atoms with Crippen molar-refractivity contribution in [2.45, 2.75) is 31.9 Å². The number of fused-ring (bicyclic) bond motifs is 1. The second kappa shape index (κ2) is 10.2. The molecule has 198 valence electrons. The van der Waals surface area contributed by atoms with E-state index < -0.39 is 23.2 Å². The lowest BCUT2D eigenvalue weighted by molar-refractivity contribution is -0.137. The zero-order valence-electron chi connectivity index (χ0n) is 20.7. The molecule has 8 nitrogen and oxygen atoms in total. The third-order valence-corrected chi connectivity index (χ3v) is 7.69. The number of nitrogens with zero attached hydrogens (tertiary/aromatic N) is 5. The van der Waals surface area contributed by atoms with Gasteiger partial charge in [0.05, 0.1) is 28.9 Å². The van der Waals surface area contributed by atoms with E-state index in [9.17, 15) is 22.8 Å². The van der Waals surface area contributed by atoms with Crippen LogP contribution in [0.1, 0.15) is 45.4 Å². The number of alkyl halides is 3. The Morgan fingerprint density at radius 2 is 1.87 bits per heavy atom. The molecule has 0 saturated carbocycles. The summed E-state index contributed by atoms with van der Waals surface area (Å²) in [6.45, 7) is 2.54. The maximum Gasteiger partial charge on any atom is 0.417 e. The number of amides is 2. The third kappa shape index (κ3) is 5.13. The smallest absolute Gasteiger partial charge is 0.343 e. The van der Waals surface area contributed by atoms with Crippen LogP contribution in [0.4, 0.5) is 13.2 Å². The molecule has 3 heterocycles. The first-order chi connectivity index (χ1) is 18.1. The van der Waals surface area contributed by atoms with Gasteiger partial charge in [0.2, 0.25) is 5.91 Å². The Labute approximate surface area is 220 Å². The van der Waals surface area contributed by atoms with Crippen LogP contribution in [-0.4, -0.2) is 55.5 Å². The van der Waals surface area contributed by atoms with Crippen molar-refractivity contribution >= 4 is 34.2 Å². The third-order valence-electron chi connectivity index (χ3n) is 6.81. The van der Waals surface area contributed by atoms with Crippen molar-refractivity contribution in [1.82, 2.24) is 29.4 Å². The van der Waals surface area contributed by atoms with Gasteiger partial charge in [0.15, 0.2) is 5.82 Å². The van der Waals surface area contributed by atoms with Gasteiger partial charge in [0, 0.05) is 37.0 Å². The number of aromatic nitrogens is 4. The SMILES string of the molecule is Cc1nn(C)c2cc(-c3nsc(C4CCN(C(=O)CNC(=O)c5ccccc5C(F)(F)F)CC4)n3)ccc12. The summed E-state index contributed by atoms with van der Waals surface area (Å²) in [5, 5.41) is 8.78. The Morgan fingerprint density at radius 3 is 2.61 bits per heavy atom. The van der Waals surface area contributed by atoms with Crippen molar-refractivity contribution in [3.05, 3.63) is 64.3 Å². The normalized spacial score (nSPS) is 14.7. The molecule has 0 spiro atoms. The first-order valence-corrected chi connectivity index (χ1v) is 12.9. The molecule has 0 radical (unpaired) electrons. The molecular formula is C26H25F3N6O2S. The summed E-state index contributed by atoms with van der Waals surface area (Å²) in [5.41, 5.74) is 1.36. The van der Waals surface area contributed by atoms with Gasteiger partial charge in [-0.3, -0.25) is 14.3 Å². The number of aryl methyl sites for hydroxylation is 2. The van der Waals surface area contributed by atoms with Crippen LogP contribution in [0.3, 0.4) is 0 Å². The molecule has 0 bridgehead atoms. The van der Waals surface area contributed by atoms with E-state index in [1.54, 1.807) is 4.90 Å². The number of piperidine rings is 1. The second-order valence-electron chi connectivity index (χ2n) is 9.28. The summed E-state index contributed by atoms with van der Waals surface area (Å²) in [5.74, 6) is -0.451. The molecule has 38 heavy (non-hydrogen) atoms. The first kappa shape index (κ1) is 25.8. The fourth-order valence-corrected chi connectivity index (χ4v) is 5.60. The molecule has 1 saturated heterocycles. The minimum Gasteiger partial charge on any atom is -0.343 e. The highest BCUT2D eigenvalue weighted by molar-refractivity contribution is 7.05. The van der Waals surface area contributed by atoms with E-state index in [0.717, 1.165) is 39.3 Å². The standard InChI is InChI=1S/C26H25F3N6O2S/c1-15-18-8-7-17(13-21(18)34(2)32-15)23-31-25(38-33-23)16-9-11-35(12-10-16)22(36)14-30-24(37)19-5-3-4-6-20(19)26(27,28)29/h3-8,13,16H,9-12,14H2,1-2H3,(H,30,37). The van der Waals surface area contributed by atoms with Gasteiger partial charge in [0.25, 0.3) is 5.91 Å². The molecule has 2 aromatic carbocycles. The van der Waals surface area contributed by atoms with Crippen LogP contribution < -0.4 is 5.32 Å². The van der Waals surface area contributed by atoms with Crippen molar-refractivity contribution in [2.24, 2.45) is 7.05 Å². The van der Waals surface area contributed by atoms with Gasteiger partial charge in [0.1, 0.15) is 5.01 Å². The van der Waals surface area contributed by atoms with E-state index in [1.807, 2.05) is 36.9 Å². The van der Waals surface area contributed by atoms with Crippen LogP contribution in [0.5, 0.6) is 0 Å². The van der Waals surface area contributed by atoms with E-state index in [4.69, 9.17) is 4.98 Å². The number of nitrogens with one attached hydrogen (secondary N) is 1. The highest BCUT2D eigenvalue weighted by Gasteiger charge is 2.35. The Balaban J connectivity index is 1.17. The summed E-state index contributed by atoms with van der Waals surface area (Å²) in [6.07, 6.45) is -3.29. The van der Waals surface area contributed by atoms with Gasteiger partial charge in [-0.2, -0.15) is 22.6 Å². The molecule has 1 aliphatic rings. The van der Waals surface area contributed by atoms with E-state index in [1.165, 1.54) is 23.7 Å². The van der Waals surface area contributed by atoms with Crippen LogP contribution in [0.25, 0.3) is 22.3 Å². The van der Waals surface area contributed by atoms with E-state index in [0.29, 0.717) is 31.8 Å². The van der Waals surface area contributed by atoms with Crippen LogP contribution in [-0.2, 0) is 18.0 Å². The average Bonchev–Trinajstić information content (AvgIpc) is 3.51. The number of benzene rings is 2. The molecule has 0 aliphatic carbocycles. The van der Waals surface area contributed by atoms with Crippen LogP contribution in [0.15, 0.2) is 42.5 Å². The van der Waals surface area contributed by atoms with E-state index in [2.05, 4.69) is 14.8 Å². The minimum absolute atomic E-state index is 0.154. The summed E-state index contributed by atoms with van der Waals surface area (Å²) in [6, 6.07) is 10.6. The maximum atomic E-state index is 13.2. The van der Waals surface area contributed by atoms with E-state index >= 15 is 0 Å². The molecule has 0 unspecified atom stereocenters.